The molecule has 0 bridgehead atoms. The zero-order valence-electron chi connectivity index (χ0n) is 10.2. The molecule has 0 unspecified atom stereocenters. The number of aromatic nitrogens is 1. The normalized spacial score (nSPS) is 10.9. The Morgan fingerprint density at radius 3 is 2.82 bits per heavy atom. The summed E-state index contributed by atoms with van der Waals surface area (Å²) in [6.07, 6.45) is 3.74. The van der Waals surface area contributed by atoms with Gasteiger partial charge in [-0.1, -0.05) is 12.1 Å². The molecule has 0 amide bonds. The number of aryl methyl sites for hydroxylation is 3. The van der Waals surface area contributed by atoms with Crippen molar-refractivity contribution in [3.8, 4) is 0 Å². The summed E-state index contributed by atoms with van der Waals surface area (Å²) in [6.45, 7) is 4.20. The number of carbonyl (C=O) groups is 1. The summed E-state index contributed by atoms with van der Waals surface area (Å²) in [7, 11) is 0. The predicted molar refractivity (Wildman–Crippen MR) is 68.3 cm³/mol. The SMILES string of the molecule is Cc1ccc2c(CCCC(=O)O)c[nH]c2c1C. The maximum atomic E-state index is 10.5. The number of carboxylic acids is 1. The average molecular weight is 231 g/mol. The standard InChI is InChI=1S/C14H17NO2/c1-9-6-7-12-11(4-3-5-13(16)17)8-15-14(12)10(9)2/h6-8,15H,3-5H2,1-2H3,(H,16,17). The Balaban J connectivity index is 2.25. The number of H-pyrrole nitrogens is 1. The third-order valence-electron chi connectivity index (χ3n) is 3.31. The van der Waals surface area contributed by atoms with Crippen LogP contribution in [0.5, 0.6) is 0 Å². The highest BCUT2D eigenvalue weighted by Gasteiger charge is 2.07. The lowest BCUT2D eigenvalue weighted by atomic mass is 10.0. The minimum atomic E-state index is -0.725. The highest BCUT2D eigenvalue weighted by atomic mass is 16.4. The molecular formula is C14H17NO2. The third-order valence-corrected chi connectivity index (χ3v) is 3.31. The number of hydrogen-bond acceptors (Lipinski definition) is 1. The van der Waals surface area contributed by atoms with Gasteiger partial charge in [-0.25, -0.2) is 0 Å². The maximum absolute atomic E-state index is 10.5. The number of rotatable bonds is 4. The monoisotopic (exact) mass is 231 g/mol. The smallest absolute Gasteiger partial charge is 0.303 e. The van der Waals surface area contributed by atoms with Gasteiger partial charge in [0.2, 0.25) is 0 Å². The molecule has 1 heterocycles. The average Bonchev–Trinajstić information content (AvgIpc) is 2.67. The van der Waals surface area contributed by atoms with Crippen molar-refractivity contribution >= 4 is 16.9 Å². The van der Waals surface area contributed by atoms with Crippen LogP contribution >= 0.6 is 0 Å². The summed E-state index contributed by atoms with van der Waals surface area (Å²) in [4.78, 5) is 13.8. The van der Waals surface area contributed by atoms with Gasteiger partial charge in [-0.15, -0.1) is 0 Å². The Kier molecular flexibility index (Phi) is 3.18. The molecule has 1 aromatic carbocycles. The van der Waals surface area contributed by atoms with E-state index in [9.17, 15) is 4.79 Å². The first-order valence-corrected chi connectivity index (χ1v) is 5.87. The fraction of sp³-hybridized carbons (Fsp3) is 0.357. The van der Waals surface area contributed by atoms with Gasteiger partial charge in [-0.3, -0.25) is 4.79 Å². The zero-order chi connectivity index (χ0) is 12.4. The zero-order valence-corrected chi connectivity index (χ0v) is 10.2. The van der Waals surface area contributed by atoms with Crippen molar-refractivity contribution in [1.29, 1.82) is 0 Å². The third kappa shape index (κ3) is 2.33. The number of hydrogen-bond donors (Lipinski definition) is 2. The summed E-state index contributed by atoms with van der Waals surface area (Å²) < 4.78 is 0. The van der Waals surface area contributed by atoms with Gasteiger partial charge in [-0.2, -0.15) is 0 Å². The molecule has 0 saturated heterocycles. The topological polar surface area (TPSA) is 53.1 Å². The van der Waals surface area contributed by atoms with Crippen LogP contribution in [0.4, 0.5) is 0 Å². The van der Waals surface area contributed by atoms with Crippen molar-refractivity contribution < 1.29 is 9.90 Å². The van der Waals surface area contributed by atoms with E-state index in [4.69, 9.17) is 5.11 Å². The molecule has 90 valence electrons. The molecule has 0 saturated carbocycles. The van der Waals surface area contributed by atoms with Gasteiger partial charge in [0.15, 0.2) is 0 Å². The molecule has 2 N–H and O–H groups in total. The van der Waals surface area contributed by atoms with E-state index < -0.39 is 5.97 Å². The highest BCUT2D eigenvalue weighted by molar-refractivity contribution is 5.86. The number of fused-ring (bicyclic) bond motifs is 1. The summed E-state index contributed by atoms with van der Waals surface area (Å²) in [5.41, 5.74) is 4.93. The Labute approximate surface area is 100 Å². The molecule has 0 spiro atoms. The maximum Gasteiger partial charge on any atom is 0.303 e. The van der Waals surface area contributed by atoms with Gasteiger partial charge in [0.05, 0.1) is 0 Å². The van der Waals surface area contributed by atoms with E-state index in [-0.39, 0.29) is 6.42 Å². The van der Waals surface area contributed by atoms with Crippen LogP contribution in [0.15, 0.2) is 18.3 Å². The fourth-order valence-corrected chi connectivity index (χ4v) is 2.14. The van der Waals surface area contributed by atoms with E-state index in [2.05, 4.69) is 31.0 Å². The minimum Gasteiger partial charge on any atom is -0.481 e. The van der Waals surface area contributed by atoms with Crippen molar-refractivity contribution in [2.75, 3.05) is 0 Å². The van der Waals surface area contributed by atoms with E-state index in [1.54, 1.807) is 0 Å². The van der Waals surface area contributed by atoms with Gasteiger partial charge in [-0.05, 0) is 43.4 Å². The van der Waals surface area contributed by atoms with Gasteiger partial charge in [0.25, 0.3) is 0 Å². The lowest BCUT2D eigenvalue weighted by Crippen LogP contribution is -1.95. The molecular weight excluding hydrogens is 214 g/mol. The van der Waals surface area contributed by atoms with E-state index in [0.717, 1.165) is 6.42 Å². The lowest BCUT2D eigenvalue weighted by molar-refractivity contribution is -0.137. The van der Waals surface area contributed by atoms with Crippen molar-refractivity contribution in [1.82, 2.24) is 4.98 Å². The molecule has 3 heteroatoms. The second-order valence-corrected chi connectivity index (χ2v) is 4.49. The molecule has 2 aromatic rings. The number of aromatic amines is 1. The van der Waals surface area contributed by atoms with Crippen molar-refractivity contribution in [2.24, 2.45) is 0 Å². The van der Waals surface area contributed by atoms with Gasteiger partial charge < -0.3 is 10.1 Å². The summed E-state index contributed by atoms with van der Waals surface area (Å²) in [5.74, 6) is -0.725. The predicted octanol–water partition coefficient (Wildman–Crippen LogP) is 3.19. The number of benzene rings is 1. The van der Waals surface area contributed by atoms with Crippen LogP contribution in [0.2, 0.25) is 0 Å². The lowest BCUT2D eigenvalue weighted by Gasteiger charge is -2.02. The van der Waals surface area contributed by atoms with Crippen LogP contribution in [0, 0.1) is 13.8 Å². The van der Waals surface area contributed by atoms with Crippen molar-refractivity contribution in [2.45, 2.75) is 33.1 Å². The molecule has 1 aromatic heterocycles. The van der Waals surface area contributed by atoms with Crippen LogP contribution < -0.4 is 0 Å². The van der Waals surface area contributed by atoms with E-state index in [0.29, 0.717) is 6.42 Å². The Hall–Kier alpha value is -1.77. The first-order valence-electron chi connectivity index (χ1n) is 5.87. The number of aliphatic carboxylic acids is 1. The minimum absolute atomic E-state index is 0.234. The van der Waals surface area contributed by atoms with Crippen LogP contribution in [-0.4, -0.2) is 16.1 Å². The summed E-state index contributed by atoms with van der Waals surface area (Å²) >= 11 is 0. The highest BCUT2D eigenvalue weighted by Crippen LogP contribution is 2.24. The summed E-state index contributed by atoms with van der Waals surface area (Å²) in [5, 5.41) is 9.85. The van der Waals surface area contributed by atoms with E-state index in [1.165, 1.54) is 27.6 Å². The Bertz CT molecular complexity index is 555. The van der Waals surface area contributed by atoms with Gasteiger partial charge >= 0.3 is 5.97 Å². The molecule has 0 radical (unpaired) electrons. The van der Waals surface area contributed by atoms with Crippen molar-refractivity contribution in [3.05, 3.63) is 35.0 Å². The Morgan fingerprint density at radius 1 is 1.35 bits per heavy atom. The van der Waals surface area contributed by atoms with Crippen LogP contribution in [0.1, 0.15) is 29.5 Å². The number of carboxylic acid groups (broad SMARTS) is 1. The van der Waals surface area contributed by atoms with Gasteiger partial charge in [0, 0.05) is 23.5 Å². The van der Waals surface area contributed by atoms with E-state index >= 15 is 0 Å². The molecule has 17 heavy (non-hydrogen) atoms. The molecule has 2 rings (SSSR count). The van der Waals surface area contributed by atoms with Crippen LogP contribution in [-0.2, 0) is 11.2 Å². The number of nitrogens with one attached hydrogen (secondary N) is 1. The molecule has 0 atom stereocenters. The molecule has 0 fully saturated rings. The molecule has 3 nitrogen and oxygen atoms in total. The van der Waals surface area contributed by atoms with Crippen LogP contribution in [0.25, 0.3) is 10.9 Å². The van der Waals surface area contributed by atoms with Gasteiger partial charge in [0.1, 0.15) is 0 Å². The van der Waals surface area contributed by atoms with E-state index in [1.807, 2.05) is 6.20 Å². The largest absolute Gasteiger partial charge is 0.481 e. The van der Waals surface area contributed by atoms with Crippen molar-refractivity contribution in [3.63, 3.8) is 0 Å². The quantitative estimate of drug-likeness (QED) is 0.849. The first kappa shape index (κ1) is 11.7. The molecule has 0 aliphatic rings. The molecule has 0 aliphatic heterocycles. The second-order valence-electron chi connectivity index (χ2n) is 4.49. The van der Waals surface area contributed by atoms with Crippen LogP contribution in [0.3, 0.4) is 0 Å². The molecule has 0 aliphatic carbocycles. The first-order chi connectivity index (χ1) is 8.09. The Morgan fingerprint density at radius 2 is 2.12 bits per heavy atom. The second kappa shape index (κ2) is 4.62. The fourth-order valence-electron chi connectivity index (χ4n) is 2.14. The summed E-state index contributed by atoms with van der Waals surface area (Å²) in [6, 6.07) is 4.23.